The summed E-state index contributed by atoms with van der Waals surface area (Å²) in [5, 5.41) is 7.00. The molecule has 1 heterocycles. The molecule has 2 aromatic carbocycles. The minimum atomic E-state index is -0.335. The molecule has 0 unspecified atom stereocenters. The third-order valence-electron chi connectivity index (χ3n) is 4.61. The largest absolute Gasteiger partial charge is 0.365 e. The molecular weight excluding hydrogens is 431 g/mol. The van der Waals surface area contributed by atoms with Crippen LogP contribution in [0.3, 0.4) is 0 Å². The van der Waals surface area contributed by atoms with Crippen LogP contribution in [0.1, 0.15) is 17.3 Å². The van der Waals surface area contributed by atoms with Gasteiger partial charge >= 0.3 is 0 Å². The van der Waals surface area contributed by atoms with Gasteiger partial charge in [-0.05, 0) is 48.6 Å². The standard InChI is InChI=1S/C20H20Cl2N4O2S/c1-13(27)25-9-11-26(12-10-25)18-16(22)3-2-4-17(18)23-20(29)24-19(28)14-5-7-15(21)8-6-14/h2-8H,9-12H2,1H3,(H2,23,24,28,29). The normalized spacial score (nSPS) is 13.8. The van der Waals surface area contributed by atoms with Crippen molar-refractivity contribution in [2.75, 3.05) is 36.4 Å². The third kappa shape index (κ3) is 5.38. The quantitative estimate of drug-likeness (QED) is 0.696. The third-order valence-corrected chi connectivity index (χ3v) is 5.37. The van der Waals surface area contributed by atoms with Crippen molar-refractivity contribution in [1.29, 1.82) is 0 Å². The number of hydrogen-bond donors (Lipinski definition) is 2. The van der Waals surface area contributed by atoms with Crippen LogP contribution in [0.2, 0.25) is 10.0 Å². The first-order chi connectivity index (χ1) is 13.8. The average molecular weight is 451 g/mol. The Morgan fingerprint density at radius 3 is 2.28 bits per heavy atom. The van der Waals surface area contributed by atoms with Crippen LogP contribution < -0.4 is 15.5 Å². The molecule has 0 spiro atoms. The van der Waals surface area contributed by atoms with E-state index in [1.165, 1.54) is 0 Å². The number of carbonyl (C=O) groups is 2. The molecular formula is C20H20Cl2N4O2S. The molecule has 2 aromatic rings. The molecule has 0 radical (unpaired) electrons. The van der Waals surface area contributed by atoms with Crippen LogP contribution in [0.15, 0.2) is 42.5 Å². The van der Waals surface area contributed by atoms with Crippen molar-refractivity contribution in [3.05, 3.63) is 58.1 Å². The number of piperazine rings is 1. The smallest absolute Gasteiger partial charge is 0.257 e. The lowest BCUT2D eigenvalue weighted by atomic mass is 10.2. The first-order valence-corrected chi connectivity index (χ1v) is 10.2. The Labute approximate surface area is 184 Å². The van der Waals surface area contributed by atoms with Crippen molar-refractivity contribution in [2.24, 2.45) is 0 Å². The number of carbonyl (C=O) groups excluding carboxylic acids is 2. The Balaban J connectivity index is 1.70. The zero-order valence-electron chi connectivity index (χ0n) is 15.7. The predicted molar refractivity (Wildman–Crippen MR) is 121 cm³/mol. The molecule has 29 heavy (non-hydrogen) atoms. The Kier molecular flexibility index (Phi) is 6.95. The van der Waals surface area contributed by atoms with Crippen LogP contribution in [0.4, 0.5) is 11.4 Å². The minimum Gasteiger partial charge on any atom is -0.365 e. The molecule has 1 aliphatic heterocycles. The number of benzene rings is 2. The molecule has 1 aliphatic rings. The van der Waals surface area contributed by atoms with E-state index < -0.39 is 0 Å². The van der Waals surface area contributed by atoms with Crippen LogP contribution in [0, 0.1) is 0 Å². The predicted octanol–water partition coefficient (Wildman–Crippen LogP) is 3.79. The van der Waals surface area contributed by atoms with E-state index in [0.717, 1.165) is 5.69 Å². The van der Waals surface area contributed by atoms with Crippen LogP contribution in [0.25, 0.3) is 0 Å². The van der Waals surface area contributed by atoms with Gasteiger partial charge in [-0.25, -0.2) is 0 Å². The molecule has 0 aliphatic carbocycles. The van der Waals surface area contributed by atoms with Crippen LogP contribution in [-0.4, -0.2) is 48.0 Å². The number of anilines is 2. The van der Waals surface area contributed by atoms with Crippen molar-refractivity contribution in [2.45, 2.75) is 6.92 Å². The van der Waals surface area contributed by atoms with E-state index in [1.807, 2.05) is 12.1 Å². The molecule has 152 valence electrons. The van der Waals surface area contributed by atoms with Crippen molar-refractivity contribution >= 4 is 63.7 Å². The maximum absolute atomic E-state index is 12.4. The molecule has 0 bridgehead atoms. The Hall–Kier alpha value is -2.35. The number of rotatable bonds is 3. The fourth-order valence-corrected chi connectivity index (χ4v) is 3.74. The SMILES string of the molecule is CC(=O)N1CCN(c2c(Cl)cccc2NC(=S)NC(=O)c2ccc(Cl)cc2)CC1. The Morgan fingerprint density at radius 1 is 1.00 bits per heavy atom. The zero-order valence-corrected chi connectivity index (χ0v) is 18.1. The van der Waals surface area contributed by atoms with E-state index in [9.17, 15) is 9.59 Å². The second-order valence-electron chi connectivity index (χ2n) is 6.54. The fraction of sp³-hybridized carbons (Fsp3) is 0.250. The van der Waals surface area contributed by atoms with Crippen molar-refractivity contribution in [3.8, 4) is 0 Å². The van der Waals surface area contributed by atoms with Gasteiger partial charge in [0.05, 0.1) is 16.4 Å². The molecule has 0 saturated carbocycles. The first kappa shape index (κ1) is 21.4. The number of thiocarbonyl (C=S) groups is 1. The molecule has 0 aromatic heterocycles. The van der Waals surface area contributed by atoms with Gasteiger partial charge in [0.15, 0.2) is 5.11 Å². The lowest BCUT2D eigenvalue weighted by Crippen LogP contribution is -2.48. The van der Waals surface area contributed by atoms with Gasteiger partial charge in [0.2, 0.25) is 5.91 Å². The second-order valence-corrected chi connectivity index (χ2v) is 7.80. The molecule has 3 rings (SSSR count). The summed E-state index contributed by atoms with van der Waals surface area (Å²) >= 11 is 17.6. The highest BCUT2D eigenvalue weighted by Gasteiger charge is 2.23. The van der Waals surface area contributed by atoms with Gasteiger partial charge in [-0.15, -0.1) is 0 Å². The average Bonchev–Trinajstić information content (AvgIpc) is 2.68. The molecule has 2 N–H and O–H groups in total. The lowest BCUT2D eigenvalue weighted by molar-refractivity contribution is -0.129. The second kappa shape index (κ2) is 9.43. The molecule has 9 heteroatoms. The first-order valence-electron chi connectivity index (χ1n) is 9.02. The van der Waals surface area contributed by atoms with Gasteiger partial charge in [-0.1, -0.05) is 29.3 Å². The van der Waals surface area contributed by atoms with Crippen molar-refractivity contribution < 1.29 is 9.59 Å². The Morgan fingerprint density at radius 2 is 1.66 bits per heavy atom. The summed E-state index contributed by atoms with van der Waals surface area (Å²) in [6, 6.07) is 12.0. The molecule has 1 fully saturated rings. The number of nitrogens with one attached hydrogen (secondary N) is 2. The van der Waals surface area contributed by atoms with Gasteiger partial charge in [0.1, 0.15) is 0 Å². The number of nitrogens with zero attached hydrogens (tertiary/aromatic N) is 2. The van der Waals surface area contributed by atoms with Gasteiger partial charge in [0, 0.05) is 43.7 Å². The monoisotopic (exact) mass is 450 g/mol. The summed E-state index contributed by atoms with van der Waals surface area (Å²) in [7, 11) is 0. The summed E-state index contributed by atoms with van der Waals surface area (Å²) in [6.07, 6.45) is 0. The molecule has 1 saturated heterocycles. The lowest BCUT2D eigenvalue weighted by Gasteiger charge is -2.37. The number of hydrogen-bond acceptors (Lipinski definition) is 4. The number of halogens is 2. The van der Waals surface area contributed by atoms with Gasteiger partial charge in [-0.2, -0.15) is 0 Å². The molecule has 6 nitrogen and oxygen atoms in total. The topological polar surface area (TPSA) is 64.7 Å². The van der Waals surface area contributed by atoms with E-state index in [0.29, 0.717) is 47.5 Å². The fourth-order valence-electron chi connectivity index (χ4n) is 3.11. The van der Waals surface area contributed by atoms with Crippen LogP contribution >= 0.6 is 35.4 Å². The maximum Gasteiger partial charge on any atom is 0.257 e. The van der Waals surface area contributed by atoms with Crippen molar-refractivity contribution in [1.82, 2.24) is 10.2 Å². The van der Waals surface area contributed by atoms with Gasteiger partial charge in [0.25, 0.3) is 5.91 Å². The van der Waals surface area contributed by atoms with E-state index in [1.54, 1.807) is 42.2 Å². The number of amides is 2. The maximum atomic E-state index is 12.4. The van der Waals surface area contributed by atoms with Crippen LogP contribution in [-0.2, 0) is 4.79 Å². The van der Waals surface area contributed by atoms with E-state index in [2.05, 4.69) is 15.5 Å². The molecule has 0 atom stereocenters. The van der Waals surface area contributed by atoms with Gasteiger partial charge in [-0.3, -0.25) is 14.9 Å². The highest BCUT2D eigenvalue weighted by Crippen LogP contribution is 2.34. The summed E-state index contributed by atoms with van der Waals surface area (Å²) in [5.74, 6) is -0.272. The van der Waals surface area contributed by atoms with E-state index in [4.69, 9.17) is 35.4 Å². The summed E-state index contributed by atoms with van der Waals surface area (Å²) in [6.45, 7) is 4.12. The summed E-state index contributed by atoms with van der Waals surface area (Å²) < 4.78 is 0. The van der Waals surface area contributed by atoms with Crippen LogP contribution in [0.5, 0.6) is 0 Å². The highest BCUT2D eigenvalue weighted by molar-refractivity contribution is 7.80. The van der Waals surface area contributed by atoms with Gasteiger partial charge < -0.3 is 15.1 Å². The Bertz CT molecular complexity index is 929. The zero-order chi connectivity index (χ0) is 21.0. The molecule has 2 amide bonds. The van der Waals surface area contributed by atoms with E-state index in [-0.39, 0.29) is 16.9 Å². The van der Waals surface area contributed by atoms with E-state index >= 15 is 0 Å². The summed E-state index contributed by atoms with van der Waals surface area (Å²) in [4.78, 5) is 27.8. The summed E-state index contributed by atoms with van der Waals surface area (Å²) in [5.41, 5.74) is 1.93. The minimum absolute atomic E-state index is 0.0632. The number of para-hydroxylation sites is 1. The van der Waals surface area contributed by atoms with Crippen molar-refractivity contribution in [3.63, 3.8) is 0 Å². The highest BCUT2D eigenvalue weighted by atomic mass is 35.5.